The van der Waals surface area contributed by atoms with Gasteiger partial charge in [0.15, 0.2) is 11.6 Å². The fourth-order valence-electron chi connectivity index (χ4n) is 3.95. The van der Waals surface area contributed by atoms with Crippen molar-refractivity contribution in [3.05, 3.63) is 119 Å². The molecule has 168 valence electrons. The third kappa shape index (κ3) is 4.43. The number of nitriles is 1. The van der Waals surface area contributed by atoms with Crippen LogP contribution in [0.3, 0.4) is 0 Å². The molecule has 0 aliphatic rings. The molecule has 0 bridgehead atoms. The third-order valence-corrected chi connectivity index (χ3v) is 5.69. The molecule has 0 fully saturated rings. The Bertz CT molecular complexity index is 1600. The van der Waals surface area contributed by atoms with Gasteiger partial charge < -0.3 is 5.32 Å². The van der Waals surface area contributed by atoms with Gasteiger partial charge in [0.1, 0.15) is 11.6 Å². The summed E-state index contributed by atoms with van der Waals surface area (Å²) in [5.74, 6) is 0.441. The second-order valence-electron chi connectivity index (χ2n) is 8.03. The van der Waals surface area contributed by atoms with Crippen molar-refractivity contribution in [2.24, 2.45) is 0 Å². The van der Waals surface area contributed by atoms with E-state index >= 15 is 0 Å². The minimum absolute atomic E-state index is 0.248. The fourth-order valence-corrected chi connectivity index (χ4v) is 3.95. The van der Waals surface area contributed by atoms with Crippen LogP contribution < -0.4 is 5.32 Å². The first-order valence-electron chi connectivity index (χ1n) is 11.1. The second-order valence-corrected chi connectivity index (χ2v) is 8.03. The van der Waals surface area contributed by atoms with Crippen molar-refractivity contribution in [2.75, 3.05) is 5.32 Å². The van der Waals surface area contributed by atoms with Gasteiger partial charge in [0, 0.05) is 11.0 Å². The van der Waals surface area contributed by atoms with Gasteiger partial charge in [-0.3, -0.25) is 4.79 Å². The number of nitrogens with zero attached hydrogens (tertiary/aromatic N) is 4. The highest BCUT2D eigenvalue weighted by Gasteiger charge is 2.20. The maximum Gasteiger partial charge on any atom is 0.257 e. The van der Waals surface area contributed by atoms with Gasteiger partial charge in [0.05, 0.1) is 11.7 Å². The van der Waals surface area contributed by atoms with E-state index in [2.05, 4.69) is 16.5 Å². The van der Waals surface area contributed by atoms with Crippen LogP contribution in [0, 0.1) is 18.3 Å². The van der Waals surface area contributed by atoms with Crippen LogP contribution in [0.1, 0.15) is 22.3 Å². The second kappa shape index (κ2) is 9.46. The molecule has 0 saturated heterocycles. The van der Waals surface area contributed by atoms with Crippen LogP contribution in [0.25, 0.3) is 28.4 Å². The highest BCUT2D eigenvalue weighted by molar-refractivity contribution is 6.29. The van der Waals surface area contributed by atoms with Crippen LogP contribution in [0.5, 0.6) is 0 Å². The first-order valence-corrected chi connectivity index (χ1v) is 11.1. The molecule has 3 aromatic carbocycles. The largest absolute Gasteiger partial charge is 0.305 e. The Balaban J connectivity index is 1.58. The molecule has 6 heteroatoms. The number of anilines is 1. The fraction of sp³-hybridized carbons (Fsp3) is 0.0345. The van der Waals surface area contributed by atoms with E-state index < -0.39 is 0 Å². The van der Waals surface area contributed by atoms with Crippen LogP contribution in [0.2, 0.25) is 0 Å². The van der Waals surface area contributed by atoms with Crippen molar-refractivity contribution in [3.63, 3.8) is 0 Å². The maximum atomic E-state index is 13.6. The zero-order chi connectivity index (χ0) is 24.2. The Morgan fingerprint density at radius 1 is 0.971 bits per heavy atom. The van der Waals surface area contributed by atoms with Gasteiger partial charge in [0.25, 0.3) is 5.91 Å². The number of aromatic nitrogens is 3. The van der Waals surface area contributed by atoms with Gasteiger partial charge in [-0.2, -0.15) is 15.0 Å². The Labute approximate surface area is 202 Å². The highest BCUT2D eigenvalue weighted by Crippen LogP contribution is 2.26. The molecule has 1 amide bonds. The minimum Gasteiger partial charge on any atom is -0.305 e. The number of hydrogen-bond donors (Lipinski definition) is 1. The third-order valence-electron chi connectivity index (χ3n) is 5.69. The molecular formula is C29H21N5O. The monoisotopic (exact) mass is 455 g/mol. The molecule has 0 aliphatic carbocycles. The molecule has 0 unspecified atom stereocenters. The Hall–Kier alpha value is -5.02. The number of nitrogens with one attached hydrogen (secondary N) is 1. The Morgan fingerprint density at radius 3 is 2.40 bits per heavy atom. The lowest BCUT2D eigenvalue weighted by Crippen LogP contribution is -2.18. The predicted octanol–water partition coefficient (Wildman–Crippen LogP) is 5.78. The van der Waals surface area contributed by atoms with Gasteiger partial charge in [-0.05, 0) is 41.8 Å². The summed E-state index contributed by atoms with van der Waals surface area (Å²) in [7, 11) is 0. The zero-order valence-corrected chi connectivity index (χ0v) is 19.0. The molecule has 0 atom stereocenters. The van der Waals surface area contributed by atoms with Crippen molar-refractivity contribution in [1.82, 2.24) is 14.8 Å². The van der Waals surface area contributed by atoms with Crippen molar-refractivity contribution >= 4 is 34.3 Å². The van der Waals surface area contributed by atoms with E-state index in [1.165, 1.54) is 10.9 Å². The van der Waals surface area contributed by atoms with E-state index in [0.29, 0.717) is 11.4 Å². The lowest BCUT2D eigenvalue weighted by atomic mass is 10.0. The van der Waals surface area contributed by atoms with Crippen molar-refractivity contribution in [3.8, 4) is 11.9 Å². The molecule has 0 spiro atoms. The molecule has 1 N–H and O–H groups in total. The van der Waals surface area contributed by atoms with Crippen LogP contribution in [0.15, 0.2) is 97.2 Å². The molecule has 35 heavy (non-hydrogen) atoms. The van der Waals surface area contributed by atoms with E-state index in [9.17, 15) is 10.1 Å². The normalized spacial score (nSPS) is 11.3. The van der Waals surface area contributed by atoms with E-state index in [0.717, 1.165) is 27.6 Å². The molecule has 0 radical (unpaired) electrons. The lowest BCUT2D eigenvalue weighted by Gasteiger charge is -2.13. The average Bonchev–Trinajstić information content (AvgIpc) is 3.30. The molecule has 0 saturated carbocycles. The number of pyridine rings is 1. The number of para-hydroxylation sites is 1. The standard InChI is InChI=1S/C29H21N5O/c1-20-16-27(32-26-15-9-8-14-24(20)26)34-28(23(18-30)19-31-34)33-29(35)25(22-12-6-3-7-13-22)17-21-10-4-2-5-11-21/h2-17,19H,1H3,(H,33,35)/b25-17-. The van der Waals surface area contributed by atoms with Gasteiger partial charge >= 0.3 is 0 Å². The SMILES string of the molecule is Cc1cc(-n2ncc(C#N)c2NC(=O)/C(=C\c2ccccc2)c2ccccc2)nc2ccccc12. The number of fused-ring (bicyclic) bond motifs is 1. The number of carbonyl (C=O) groups is 1. The first kappa shape index (κ1) is 21.8. The van der Waals surface area contributed by atoms with E-state index in [-0.39, 0.29) is 17.3 Å². The van der Waals surface area contributed by atoms with Gasteiger partial charge in [-0.1, -0.05) is 78.9 Å². The summed E-state index contributed by atoms with van der Waals surface area (Å²) in [4.78, 5) is 18.3. The van der Waals surface area contributed by atoms with Crippen LogP contribution in [0.4, 0.5) is 5.82 Å². The smallest absolute Gasteiger partial charge is 0.257 e. The lowest BCUT2D eigenvalue weighted by molar-refractivity contribution is -0.111. The Kier molecular flexibility index (Phi) is 5.89. The van der Waals surface area contributed by atoms with E-state index in [4.69, 9.17) is 4.98 Å². The summed E-state index contributed by atoms with van der Waals surface area (Å²) in [5.41, 5.74) is 4.20. The zero-order valence-electron chi connectivity index (χ0n) is 19.0. The van der Waals surface area contributed by atoms with Gasteiger partial charge in [-0.15, -0.1) is 0 Å². The summed E-state index contributed by atoms with van der Waals surface area (Å²) < 4.78 is 1.50. The van der Waals surface area contributed by atoms with E-state index in [1.54, 1.807) is 0 Å². The number of hydrogen-bond acceptors (Lipinski definition) is 4. The molecule has 5 aromatic rings. The molecule has 5 rings (SSSR count). The molecular weight excluding hydrogens is 434 g/mol. The number of benzene rings is 3. The maximum absolute atomic E-state index is 13.6. The van der Waals surface area contributed by atoms with Crippen molar-refractivity contribution < 1.29 is 4.79 Å². The Morgan fingerprint density at radius 2 is 1.66 bits per heavy atom. The van der Waals surface area contributed by atoms with Crippen molar-refractivity contribution in [1.29, 1.82) is 5.26 Å². The van der Waals surface area contributed by atoms with E-state index in [1.807, 2.05) is 104 Å². The summed E-state index contributed by atoms with van der Waals surface area (Å²) in [6, 6.07) is 30.9. The first-order chi connectivity index (χ1) is 17.1. The summed E-state index contributed by atoms with van der Waals surface area (Å²) in [6.45, 7) is 2.00. The molecule has 6 nitrogen and oxygen atoms in total. The van der Waals surface area contributed by atoms with Crippen molar-refractivity contribution in [2.45, 2.75) is 6.92 Å². The molecule has 0 aliphatic heterocycles. The number of amides is 1. The quantitative estimate of drug-likeness (QED) is 0.269. The summed E-state index contributed by atoms with van der Waals surface area (Å²) in [6.07, 6.45) is 3.26. The topological polar surface area (TPSA) is 83.6 Å². The van der Waals surface area contributed by atoms with Crippen LogP contribution >= 0.6 is 0 Å². The van der Waals surface area contributed by atoms with Gasteiger partial charge in [0.2, 0.25) is 0 Å². The molecule has 2 aromatic heterocycles. The predicted molar refractivity (Wildman–Crippen MR) is 138 cm³/mol. The number of carbonyl (C=O) groups excluding carboxylic acids is 1. The molecule has 2 heterocycles. The number of aryl methyl sites for hydroxylation is 1. The average molecular weight is 456 g/mol. The van der Waals surface area contributed by atoms with Crippen LogP contribution in [-0.2, 0) is 4.79 Å². The number of rotatable bonds is 5. The highest BCUT2D eigenvalue weighted by atomic mass is 16.1. The van der Waals surface area contributed by atoms with Crippen LogP contribution in [-0.4, -0.2) is 20.7 Å². The summed E-state index contributed by atoms with van der Waals surface area (Å²) >= 11 is 0. The minimum atomic E-state index is -0.351. The van der Waals surface area contributed by atoms with Gasteiger partial charge in [-0.25, -0.2) is 4.98 Å². The summed E-state index contributed by atoms with van der Waals surface area (Å²) in [5, 5.41) is 18.1.